The number of nitrogens with one attached hydrogen (secondary N) is 1. The van der Waals surface area contributed by atoms with Crippen molar-refractivity contribution in [2.75, 3.05) is 13.1 Å². The Morgan fingerprint density at radius 2 is 2.06 bits per heavy atom. The van der Waals surface area contributed by atoms with E-state index < -0.39 is 5.97 Å². The number of rotatable bonds is 4. The lowest BCUT2D eigenvalue weighted by Crippen LogP contribution is -2.48. The average Bonchev–Trinajstić information content (AvgIpc) is 2.63. The average molecular weight is 254 g/mol. The Morgan fingerprint density at radius 3 is 2.56 bits per heavy atom. The number of amides is 2. The third-order valence-electron chi connectivity index (χ3n) is 3.80. The molecule has 6 nitrogen and oxygen atoms in total. The minimum absolute atomic E-state index is 0.0228. The quantitative estimate of drug-likeness (QED) is 0.729. The molecule has 1 saturated carbocycles. The molecule has 0 aromatic carbocycles. The number of carboxylic acid groups (broad SMARTS) is 1. The van der Waals surface area contributed by atoms with Crippen LogP contribution in [0.4, 0.5) is 0 Å². The molecule has 0 bridgehead atoms. The van der Waals surface area contributed by atoms with Crippen LogP contribution >= 0.6 is 0 Å². The standard InChI is InChI=1S/C12H18N2O4/c1-2-14-6-8(5-10(14)15)11(16)13-9-3-7(4-9)12(17)18/h7-9H,2-6H2,1H3,(H,13,16)(H,17,18). The molecule has 1 aliphatic heterocycles. The molecular weight excluding hydrogens is 236 g/mol. The van der Waals surface area contributed by atoms with Crippen LogP contribution in [-0.4, -0.2) is 46.9 Å². The Bertz CT molecular complexity index is 376. The van der Waals surface area contributed by atoms with Gasteiger partial charge in [-0.1, -0.05) is 0 Å². The molecule has 100 valence electrons. The summed E-state index contributed by atoms with van der Waals surface area (Å²) in [7, 11) is 0. The van der Waals surface area contributed by atoms with Gasteiger partial charge in [-0.3, -0.25) is 14.4 Å². The molecule has 1 heterocycles. The van der Waals surface area contributed by atoms with Gasteiger partial charge in [-0.25, -0.2) is 0 Å². The van der Waals surface area contributed by atoms with Crippen LogP contribution in [0.25, 0.3) is 0 Å². The van der Waals surface area contributed by atoms with Crippen molar-refractivity contribution in [3.8, 4) is 0 Å². The van der Waals surface area contributed by atoms with Crippen molar-refractivity contribution in [1.29, 1.82) is 0 Å². The van der Waals surface area contributed by atoms with Gasteiger partial charge in [0.2, 0.25) is 11.8 Å². The molecule has 6 heteroatoms. The second-order valence-electron chi connectivity index (χ2n) is 5.05. The normalized spacial score (nSPS) is 31.1. The molecule has 0 aromatic rings. The van der Waals surface area contributed by atoms with Gasteiger partial charge in [0.25, 0.3) is 0 Å². The number of hydrogen-bond donors (Lipinski definition) is 2. The number of carbonyl (C=O) groups is 3. The van der Waals surface area contributed by atoms with Crippen LogP contribution in [0, 0.1) is 11.8 Å². The van der Waals surface area contributed by atoms with Crippen molar-refractivity contribution in [2.45, 2.75) is 32.2 Å². The molecule has 2 rings (SSSR count). The predicted molar refractivity (Wildman–Crippen MR) is 62.7 cm³/mol. The van der Waals surface area contributed by atoms with Crippen LogP contribution in [0.3, 0.4) is 0 Å². The van der Waals surface area contributed by atoms with Crippen LogP contribution in [-0.2, 0) is 14.4 Å². The van der Waals surface area contributed by atoms with E-state index in [0.717, 1.165) is 0 Å². The Kier molecular flexibility index (Phi) is 3.54. The SMILES string of the molecule is CCN1CC(C(=O)NC2CC(C(=O)O)C2)CC1=O. The zero-order chi connectivity index (χ0) is 13.3. The van der Waals surface area contributed by atoms with Gasteiger partial charge in [0.15, 0.2) is 0 Å². The highest BCUT2D eigenvalue weighted by atomic mass is 16.4. The molecular formula is C12H18N2O4. The van der Waals surface area contributed by atoms with Crippen molar-refractivity contribution < 1.29 is 19.5 Å². The summed E-state index contributed by atoms with van der Waals surface area (Å²) < 4.78 is 0. The number of nitrogens with zero attached hydrogens (tertiary/aromatic N) is 1. The Labute approximate surface area is 105 Å². The Hall–Kier alpha value is -1.59. The summed E-state index contributed by atoms with van der Waals surface area (Å²) in [4.78, 5) is 35.7. The molecule has 18 heavy (non-hydrogen) atoms. The zero-order valence-electron chi connectivity index (χ0n) is 10.4. The number of hydrogen-bond acceptors (Lipinski definition) is 3. The van der Waals surface area contributed by atoms with Crippen LogP contribution in [0.5, 0.6) is 0 Å². The first-order valence-corrected chi connectivity index (χ1v) is 6.32. The Morgan fingerprint density at radius 1 is 1.39 bits per heavy atom. The second kappa shape index (κ2) is 4.96. The maximum Gasteiger partial charge on any atom is 0.306 e. The van der Waals surface area contributed by atoms with E-state index in [1.165, 1.54) is 0 Å². The number of aliphatic carboxylic acids is 1. The van der Waals surface area contributed by atoms with E-state index in [-0.39, 0.29) is 36.1 Å². The lowest BCUT2D eigenvalue weighted by atomic mass is 9.80. The highest BCUT2D eigenvalue weighted by molar-refractivity contribution is 5.89. The first-order valence-electron chi connectivity index (χ1n) is 6.32. The molecule has 2 N–H and O–H groups in total. The lowest BCUT2D eigenvalue weighted by Gasteiger charge is -2.33. The molecule has 0 aromatic heterocycles. The van der Waals surface area contributed by atoms with Gasteiger partial charge in [-0.15, -0.1) is 0 Å². The van der Waals surface area contributed by atoms with Crippen molar-refractivity contribution >= 4 is 17.8 Å². The molecule has 1 unspecified atom stereocenters. The summed E-state index contributed by atoms with van der Waals surface area (Å²) >= 11 is 0. The smallest absolute Gasteiger partial charge is 0.306 e. The lowest BCUT2D eigenvalue weighted by molar-refractivity contribution is -0.146. The summed E-state index contributed by atoms with van der Waals surface area (Å²) in [6.07, 6.45) is 1.27. The fourth-order valence-corrected chi connectivity index (χ4v) is 2.51. The van der Waals surface area contributed by atoms with Gasteiger partial charge >= 0.3 is 5.97 Å². The third-order valence-corrected chi connectivity index (χ3v) is 3.80. The van der Waals surface area contributed by atoms with E-state index in [1.807, 2.05) is 6.92 Å². The van der Waals surface area contributed by atoms with Crippen LogP contribution < -0.4 is 5.32 Å². The summed E-state index contributed by atoms with van der Waals surface area (Å²) in [6, 6.07) is -0.0376. The van der Waals surface area contributed by atoms with E-state index in [9.17, 15) is 14.4 Å². The zero-order valence-corrected chi connectivity index (χ0v) is 10.4. The maximum absolute atomic E-state index is 11.9. The molecule has 0 radical (unpaired) electrons. The van der Waals surface area contributed by atoms with Gasteiger partial charge in [0.1, 0.15) is 0 Å². The topological polar surface area (TPSA) is 86.7 Å². The predicted octanol–water partition coefficient (Wildman–Crippen LogP) is -0.166. The minimum atomic E-state index is -0.797. The molecule has 2 amide bonds. The first-order chi connectivity index (χ1) is 8.51. The number of carboxylic acids is 1. The first kappa shape index (κ1) is 12.9. The van der Waals surface area contributed by atoms with Crippen LogP contribution in [0.2, 0.25) is 0 Å². The van der Waals surface area contributed by atoms with Crippen LogP contribution in [0.1, 0.15) is 26.2 Å². The van der Waals surface area contributed by atoms with E-state index in [0.29, 0.717) is 25.9 Å². The molecule has 1 saturated heterocycles. The molecule has 1 atom stereocenters. The monoisotopic (exact) mass is 254 g/mol. The van der Waals surface area contributed by atoms with Gasteiger partial charge in [0.05, 0.1) is 11.8 Å². The highest BCUT2D eigenvalue weighted by Gasteiger charge is 2.38. The van der Waals surface area contributed by atoms with Gasteiger partial charge < -0.3 is 15.3 Å². The second-order valence-corrected chi connectivity index (χ2v) is 5.05. The number of likely N-dealkylation sites (tertiary alicyclic amines) is 1. The summed E-state index contributed by atoms with van der Waals surface area (Å²) in [5, 5.41) is 11.6. The fourth-order valence-electron chi connectivity index (χ4n) is 2.51. The van der Waals surface area contributed by atoms with Crippen molar-refractivity contribution in [1.82, 2.24) is 10.2 Å². The molecule has 0 spiro atoms. The summed E-state index contributed by atoms with van der Waals surface area (Å²) in [5.74, 6) is -1.49. The third kappa shape index (κ3) is 2.47. The van der Waals surface area contributed by atoms with E-state index in [1.54, 1.807) is 4.90 Å². The van der Waals surface area contributed by atoms with Crippen LogP contribution in [0.15, 0.2) is 0 Å². The minimum Gasteiger partial charge on any atom is -0.481 e. The van der Waals surface area contributed by atoms with E-state index >= 15 is 0 Å². The maximum atomic E-state index is 11.9. The van der Waals surface area contributed by atoms with E-state index in [4.69, 9.17) is 5.11 Å². The summed E-state index contributed by atoms with van der Waals surface area (Å²) in [6.45, 7) is 3.00. The summed E-state index contributed by atoms with van der Waals surface area (Å²) in [5.41, 5.74) is 0. The molecule has 2 aliphatic rings. The Balaban J connectivity index is 1.77. The highest BCUT2D eigenvalue weighted by Crippen LogP contribution is 2.28. The van der Waals surface area contributed by atoms with Crippen molar-refractivity contribution in [3.63, 3.8) is 0 Å². The van der Waals surface area contributed by atoms with Gasteiger partial charge in [-0.05, 0) is 19.8 Å². The van der Waals surface area contributed by atoms with E-state index in [2.05, 4.69) is 5.32 Å². The fraction of sp³-hybridized carbons (Fsp3) is 0.750. The van der Waals surface area contributed by atoms with Crippen molar-refractivity contribution in [2.24, 2.45) is 11.8 Å². The molecule has 1 aliphatic carbocycles. The van der Waals surface area contributed by atoms with Gasteiger partial charge in [-0.2, -0.15) is 0 Å². The number of carbonyl (C=O) groups excluding carboxylic acids is 2. The van der Waals surface area contributed by atoms with Crippen molar-refractivity contribution in [3.05, 3.63) is 0 Å². The largest absolute Gasteiger partial charge is 0.481 e. The van der Waals surface area contributed by atoms with Gasteiger partial charge in [0, 0.05) is 25.6 Å². The molecule has 2 fully saturated rings.